The van der Waals surface area contributed by atoms with Gasteiger partial charge in [-0.1, -0.05) is 23.2 Å². The van der Waals surface area contributed by atoms with Crippen LogP contribution in [0.2, 0.25) is 10.0 Å². The Morgan fingerprint density at radius 3 is 2.94 bits per heavy atom. The quantitative estimate of drug-likeness (QED) is 0.745. The van der Waals surface area contributed by atoms with Gasteiger partial charge in [-0.2, -0.15) is 0 Å². The van der Waals surface area contributed by atoms with E-state index in [4.69, 9.17) is 23.2 Å². The summed E-state index contributed by atoms with van der Waals surface area (Å²) in [6.45, 7) is 2.84. The fourth-order valence-corrected chi connectivity index (χ4v) is 2.82. The van der Waals surface area contributed by atoms with Crippen molar-refractivity contribution in [1.82, 2.24) is 14.3 Å². The third kappa shape index (κ3) is 1.76. The van der Waals surface area contributed by atoms with Gasteiger partial charge >= 0.3 is 0 Å². The first-order valence-electron chi connectivity index (χ1n) is 5.66. The van der Waals surface area contributed by atoms with Gasteiger partial charge < -0.3 is 4.90 Å². The lowest BCUT2D eigenvalue weighted by atomic mass is 10.1. The van der Waals surface area contributed by atoms with Crippen LogP contribution >= 0.6 is 23.2 Å². The number of hydrogen-bond donors (Lipinski definition) is 0. The first-order valence-corrected chi connectivity index (χ1v) is 6.42. The average Bonchev–Trinajstić information content (AvgIpc) is 2.67. The molecule has 0 aliphatic carbocycles. The predicted octanol–water partition coefficient (Wildman–Crippen LogP) is 2.55. The molecule has 94 valence electrons. The highest BCUT2D eigenvalue weighted by Crippen LogP contribution is 2.27. The molecular formula is C12H11Cl2N3O. The van der Waals surface area contributed by atoms with Crippen LogP contribution in [-0.2, 0) is 17.8 Å². The number of hydrogen-bond acceptors (Lipinski definition) is 2. The zero-order valence-corrected chi connectivity index (χ0v) is 11.3. The molecule has 3 heterocycles. The topological polar surface area (TPSA) is 37.6 Å². The number of carbonyl (C=O) groups is 1. The summed E-state index contributed by atoms with van der Waals surface area (Å²) in [6, 6.07) is 1.68. The molecule has 4 nitrogen and oxygen atoms in total. The fourth-order valence-electron chi connectivity index (χ4n) is 2.30. The summed E-state index contributed by atoms with van der Waals surface area (Å²) >= 11 is 12.1. The Hall–Kier alpha value is -1.26. The number of carbonyl (C=O) groups excluding carboxylic acids is 1. The van der Waals surface area contributed by atoms with Crippen LogP contribution in [-0.4, -0.2) is 26.7 Å². The van der Waals surface area contributed by atoms with Crippen LogP contribution in [0.4, 0.5) is 0 Å². The van der Waals surface area contributed by atoms with Crippen LogP contribution in [0.5, 0.6) is 0 Å². The van der Waals surface area contributed by atoms with Gasteiger partial charge in [-0.3, -0.25) is 9.20 Å². The van der Waals surface area contributed by atoms with E-state index >= 15 is 0 Å². The van der Waals surface area contributed by atoms with E-state index < -0.39 is 0 Å². The van der Waals surface area contributed by atoms with E-state index in [1.54, 1.807) is 24.1 Å². The monoisotopic (exact) mass is 283 g/mol. The number of nitrogens with zero attached hydrogens (tertiary/aromatic N) is 3. The Morgan fingerprint density at radius 1 is 1.44 bits per heavy atom. The first-order chi connectivity index (χ1) is 8.56. The number of pyridine rings is 1. The molecule has 0 bridgehead atoms. The summed E-state index contributed by atoms with van der Waals surface area (Å²) in [7, 11) is 0. The van der Waals surface area contributed by atoms with Gasteiger partial charge in [-0.25, -0.2) is 4.98 Å². The summed E-state index contributed by atoms with van der Waals surface area (Å²) in [5.41, 5.74) is 2.70. The van der Waals surface area contributed by atoms with Gasteiger partial charge in [0.05, 0.1) is 28.0 Å². The van der Waals surface area contributed by atoms with E-state index in [0.29, 0.717) is 28.8 Å². The molecule has 18 heavy (non-hydrogen) atoms. The molecule has 1 aliphatic heterocycles. The summed E-state index contributed by atoms with van der Waals surface area (Å²) < 4.78 is 1.88. The maximum Gasteiger partial charge on any atom is 0.219 e. The molecule has 0 N–H and O–H groups in total. The highest BCUT2D eigenvalue weighted by atomic mass is 35.5. The van der Waals surface area contributed by atoms with E-state index in [1.165, 1.54) is 0 Å². The Balaban J connectivity index is 2.18. The maximum atomic E-state index is 11.4. The van der Waals surface area contributed by atoms with Crippen molar-refractivity contribution in [2.75, 3.05) is 6.54 Å². The van der Waals surface area contributed by atoms with Crippen molar-refractivity contribution in [3.8, 4) is 0 Å². The average molecular weight is 284 g/mol. The van der Waals surface area contributed by atoms with Gasteiger partial charge in [0.25, 0.3) is 0 Å². The lowest BCUT2D eigenvalue weighted by molar-refractivity contribution is -0.129. The molecule has 0 spiro atoms. The molecule has 0 radical (unpaired) electrons. The normalized spacial score (nSPS) is 14.9. The van der Waals surface area contributed by atoms with Crippen LogP contribution in [0.15, 0.2) is 12.3 Å². The number of fused-ring (bicyclic) bond motifs is 3. The molecule has 0 saturated carbocycles. The number of aromatic nitrogens is 2. The summed E-state index contributed by atoms with van der Waals surface area (Å²) in [5, 5.41) is 1.10. The fraction of sp³-hybridized carbons (Fsp3) is 0.333. The Labute approximate surface area is 114 Å². The third-order valence-corrected chi connectivity index (χ3v) is 3.71. The van der Waals surface area contributed by atoms with Gasteiger partial charge in [-0.15, -0.1) is 0 Å². The molecule has 0 fully saturated rings. The summed E-state index contributed by atoms with van der Waals surface area (Å²) in [4.78, 5) is 17.8. The van der Waals surface area contributed by atoms with E-state index in [0.717, 1.165) is 17.8 Å². The second kappa shape index (κ2) is 4.14. The molecule has 1 aliphatic rings. The minimum Gasteiger partial charge on any atom is -0.337 e. The van der Waals surface area contributed by atoms with Gasteiger partial charge in [0.1, 0.15) is 0 Å². The van der Waals surface area contributed by atoms with Crippen molar-refractivity contribution in [2.45, 2.75) is 19.9 Å². The molecule has 0 atom stereocenters. The Kier molecular flexibility index (Phi) is 2.72. The number of imidazole rings is 1. The maximum absolute atomic E-state index is 11.4. The van der Waals surface area contributed by atoms with Gasteiger partial charge in [0.2, 0.25) is 5.91 Å². The predicted molar refractivity (Wildman–Crippen MR) is 70.0 cm³/mol. The molecule has 3 rings (SSSR count). The van der Waals surface area contributed by atoms with E-state index in [1.807, 2.05) is 4.40 Å². The zero-order chi connectivity index (χ0) is 12.9. The molecule has 6 heteroatoms. The molecule has 0 unspecified atom stereocenters. The molecule has 2 aromatic heterocycles. The SMILES string of the molecule is CC(=O)N1CCc2nc3c(Cl)cc(Cl)cn3c2C1. The number of halogens is 2. The molecule has 0 saturated heterocycles. The lowest BCUT2D eigenvalue weighted by Gasteiger charge is -2.25. The first kappa shape index (κ1) is 11.8. The van der Waals surface area contributed by atoms with Crippen molar-refractivity contribution in [3.05, 3.63) is 33.7 Å². The van der Waals surface area contributed by atoms with Gasteiger partial charge in [-0.05, 0) is 6.07 Å². The van der Waals surface area contributed by atoms with Gasteiger partial charge in [0.15, 0.2) is 5.65 Å². The summed E-state index contributed by atoms with van der Waals surface area (Å²) in [6.07, 6.45) is 2.54. The zero-order valence-electron chi connectivity index (χ0n) is 9.78. The van der Waals surface area contributed by atoms with Crippen molar-refractivity contribution in [3.63, 3.8) is 0 Å². The smallest absolute Gasteiger partial charge is 0.219 e. The second-order valence-corrected chi connectivity index (χ2v) is 5.24. The van der Waals surface area contributed by atoms with Crippen molar-refractivity contribution >= 4 is 34.8 Å². The second-order valence-electron chi connectivity index (χ2n) is 4.40. The van der Waals surface area contributed by atoms with Crippen molar-refractivity contribution in [1.29, 1.82) is 0 Å². The lowest BCUT2D eigenvalue weighted by Crippen LogP contribution is -2.34. The van der Waals surface area contributed by atoms with Crippen LogP contribution < -0.4 is 0 Å². The van der Waals surface area contributed by atoms with Crippen LogP contribution in [0.3, 0.4) is 0 Å². The van der Waals surface area contributed by atoms with Crippen LogP contribution in [0.1, 0.15) is 18.3 Å². The third-order valence-electron chi connectivity index (χ3n) is 3.23. The molecular weight excluding hydrogens is 273 g/mol. The van der Waals surface area contributed by atoms with E-state index in [2.05, 4.69) is 4.98 Å². The minimum atomic E-state index is 0.0729. The standard InChI is InChI=1S/C12H11Cl2N3O/c1-7(18)16-3-2-10-11(6-16)17-5-8(13)4-9(14)12(17)15-10/h4-5H,2-3,6H2,1H3. The molecule has 1 amide bonds. The van der Waals surface area contributed by atoms with Crippen LogP contribution in [0, 0.1) is 0 Å². The largest absolute Gasteiger partial charge is 0.337 e. The van der Waals surface area contributed by atoms with Crippen LogP contribution in [0.25, 0.3) is 5.65 Å². The minimum absolute atomic E-state index is 0.0729. The number of rotatable bonds is 0. The Bertz CT molecular complexity index is 650. The molecule has 0 aromatic carbocycles. The van der Waals surface area contributed by atoms with Crippen molar-refractivity contribution in [2.24, 2.45) is 0 Å². The van der Waals surface area contributed by atoms with E-state index in [9.17, 15) is 4.79 Å². The summed E-state index contributed by atoms with van der Waals surface area (Å²) in [5.74, 6) is 0.0729. The highest BCUT2D eigenvalue weighted by Gasteiger charge is 2.23. The Morgan fingerprint density at radius 2 is 2.22 bits per heavy atom. The number of amides is 1. The van der Waals surface area contributed by atoms with Crippen molar-refractivity contribution < 1.29 is 4.79 Å². The molecule has 2 aromatic rings. The highest BCUT2D eigenvalue weighted by molar-refractivity contribution is 6.36. The van der Waals surface area contributed by atoms with Gasteiger partial charge in [0, 0.05) is 26.1 Å². The van der Waals surface area contributed by atoms with E-state index in [-0.39, 0.29) is 5.91 Å².